The summed E-state index contributed by atoms with van der Waals surface area (Å²) in [7, 11) is 1.55. The van der Waals surface area contributed by atoms with E-state index in [2.05, 4.69) is 30.6 Å². The minimum atomic E-state index is -4.46. The van der Waals surface area contributed by atoms with Crippen molar-refractivity contribution in [3.05, 3.63) is 126 Å². The summed E-state index contributed by atoms with van der Waals surface area (Å²) < 4.78 is 39.8. The summed E-state index contributed by atoms with van der Waals surface area (Å²) >= 11 is 0. The number of para-hydroxylation sites is 1. The van der Waals surface area contributed by atoms with E-state index in [1.54, 1.807) is 102 Å². The highest BCUT2D eigenvalue weighted by molar-refractivity contribution is 5.95. The third-order valence-corrected chi connectivity index (χ3v) is 9.71. The van der Waals surface area contributed by atoms with Gasteiger partial charge in [0.25, 0.3) is 11.8 Å². The van der Waals surface area contributed by atoms with Crippen LogP contribution >= 0.6 is 0 Å². The zero-order chi connectivity index (χ0) is 46.2. The number of hydrogen-bond acceptors (Lipinski definition) is 12. The molecule has 0 saturated carbocycles. The Labute approximate surface area is 369 Å². The van der Waals surface area contributed by atoms with Crippen molar-refractivity contribution < 1.29 is 42.8 Å². The average molecular weight is 887 g/mol. The second-order valence-electron chi connectivity index (χ2n) is 14.4. The number of carbonyl (C=O) groups is 4. The van der Waals surface area contributed by atoms with Gasteiger partial charge in [-0.25, -0.2) is 35.8 Å². The fraction of sp³-hybridized carbons (Fsp3) is 0.333. The SMILES string of the molecule is CN(c1ccc(C(=O)NCCCCCCC(=O)NO)cc1)c1ccccc1C(F)(F)F.O=C(CCCCCCCNC(=O)c1ccc(N(c2ncccn2)c2ncccn2)cc1)NO. The maximum absolute atomic E-state index is 13.3. The van der Waals surface area contributed by atoms with Gasteiger partial charge in [-0.15, -0.1) is 0 Å². The zero-order valence-electron chi connectivity index (χ0n) is 35.4. The summed E-state index contributed by atoms with van der Waals surface area (Å²) in [5.74, 6) is -0.312. The van der Waals surface area contributed by atoms with E-state index in [-0.39, 0.29) is 29.8 Å². The molecule has 0 fully saturated rings. The Balaban J connectivity index is 0.000000281. The van der Waals surface area contributed by atoms with Crippen LogP contribution in [0.2, 0.25) is 0 Å². The van der Waals surface area contributed by atoms with Gasteiger partial charge in [-0.1, -0.05) is 44.2 Å². The van der Waals surface area contributed by atoms with Gasteiger partial charge in [0.2, 0.25) is 23.7 Å². The number of alkyl halides is 3. The van der Waals surface area contributed by atoms with Crippen LogP contribution in [0.25, 0.3) is 0 Å². The number of amides is 4. The first kappa shape index (κ1) is 49.7. The number of unbranched alkanes of at least 4 members (excludes halogenated alkanes) is 7. The molecule has 0 aliphatic rings. The molecule has 16 nitrogen and oxygen atoms in total. The summed E-state index contributed by atoms with van der Waals surface area (Å²) in [5.41, 5.74) is 4.75. The first-order valence-corrected chi connectivity index (χ1v) is 20.8. The Morgan fingerprint density at radius 2 is 0.953 bits per heavy atom. The lowest BCUT2D eigenvalue weighted by atomic mass is 10.1. The molecular weight excluding hydrogens is 834 g/mol. The number of aromatic nitrogens is 4. The molecule has 2 heterocycles. The van der Waals surface area contributed by atoms with E-state index in [0.717, 1.165) is 63.1 Å². The van der Waals surface area contributed by atoms with E-state index in [0.29, 0.717) is 54.6 Å². The molecular formula is C45H53F3N10O6. The van der Waals surface area contributed by atoms with Crippen LogP contribution in [0.3, 0.4) is 0 Å². The molecule has 5 aromatic rings. The van der Waals surface area contributed by atoms with Crippen LogP contribution in [-0.2, 0) is 15.8 Å². The molecule has 0 radical (unpaired) electrons. The number of hydrogen-bond donors (Lipinski definition) is 6. The Morgan fingerprint density at radius 3 is 1.39 bits per heavy atom. The molecule has 19 heteroatoms. The molecule has 0 saturated heterocycles. The summed E-state index contributed by atoms with van der Waals surface area (Å²) in [6.07, 6.45) is 10.2. The Hall–Kier alpha value is -6.99. The van der Waals surface area contributed by atoms with Gasteiger partial charge in [0.05, 0.1) is 16.9 Å². The van der Waals surface area contributed by atoms with Crippen molar-refractivity contribution >= 4 is 52.6 Å². The second-order valence-corrected chi connectivity index (χ2v) is 14.4. The molecule has 64 heavy (non-hydrogen) atoms. The smallest absolute Gasteiger partial charge is 0.352 e. The molecule has 4 amide bonds. The van der Waals surface area contributed by atoms with Gasteiger partial charge in [-0.2, -0.15) is 13.2 Å². The standard InChI is InChI=1S/C23H27N7O3.C22H26F3N3O3/c31-20(29-33)8-4-2-1-3-5-13-24-21(32)18-9-11-19(12-10-18)30(22-25-14-6-15-26-22)23-27-16-7-17-28-23;1-28(19-9-6-5-8-18(19)22(23,24)25)17-13-11-16(12-14-17)21(30)26-15-7-3-2-4-10-20(29)27-31/h6-7,9-12,14-17,33H,1-5,8,13H2,(H,24,32)(H,29,31);5-6,8-9,11-14,31H,2-4,7,10,15H2,1H3,(H,26,30)(H,27,29). The number of nitrogens with zero attached hydrogens (tertiary/aromatic N) is 6. The lowest BCUT2D eigenvalue weighted by Gasteiger charge is -2.23. The lowest BCUT2D eigenvalue weighted by molar-refractivity contribution is -0.137. The van der Waals surface area contributed by atoms with Crippen molar-refractivity contribution in [2.24, 2.45) is 0 Å². The number of benzene rings is 3. The highest BCUT2D eigenvalue weighted by Gasteiger charge is 2.34. The Kier molecular flexibility index (Phi) is 20.5. The largest absolute Gasteiger partial charge is 0.418 e. The molecule has 340 valence electrons. The van der Waals surface area contributed by atoms with Gasteiger partial charge >= 0.3 is 6.18 Å². The van der Waals surface area contributed by atoms with E-state index in [4.69, 9.17) is 10.4 Å². The van der Waals surface area contributed by atoms with Crippen molar-refractivity contribution in [3.8, 4) is 0 Å². The van der Waals surface area contributed by atoms with Crippen LogP contribution in [0.5, 0.6) is 0 Å². The van der Waals surface area contributed by atoms with E-state index in [1.807, 2.05) is 12.1 Å². The minimum Gasteiger partial charge on any atom is -0.352 e. The average Bonchev–Trinajstić information content (AvgIpc) is 3.32. The molecule has 0 aliphatic carbocycles. The fourth-order valence-electron chi connectivity index (χ4n) is 6.30. The maximum Gasteiger partial charge on any atom is 0.418 e. The predicted octanol–water partition coefficient (Wildman–Crippen LogP) is 7.97. The Bertz CT molecular complexity index is 2150. The Morgan fingerprint density at radius 1 is 0.547 bits per heavy atom. The predicted molar refractivity (Wildman–Crippen MR) is 234 cm³/mol. The van der Waals surface area contributed by atoms with Gasteiger partial charge in [0, 0.05) is 74.6 Å². The summed E-state index contributed by atoms with van der Waals surface area (Å²) in [6, 6.07) is 22.3. The maximum atomic E-state index is 13.3. The van der Waals surface area contributed by atoms with E-state index < -0.39 is 17.6 Å². The molecule has 0 bridgehead atoms. The highest BCUT2D eigenvalue weighted by Crippen LogP contribution is 2.38. The van der Waals surface area contributed by atoms with Gasteiger partial charge < -0.3 is 15.5 Å². The summed E-state index contributed by atoms with van der Waals surface area (Å²) in [5, 5.41) is 22.6. The highest BCUT2D eigenvalue weighted by atomic mass is 19.4. The van der Waals surface area contributed by atoms with Crippen LogP contribution in [0.15, 0.2) is 110 Å². The number of nitrogens with one attached hydrogen (secondary N) is 4. The van der Waals surface area contributed by atoms with E-state index in [1.165, 1.54) is 17.0 Å². The monoisotopic (exact) mass is 886 g/mol. The molecule has 3 aromatic carbocycles. The fourth-order valence-corrected chi connectivity index (χ4v) is 6.30. The molecule has 0 unspecified atom stereocenters. The van der Waals surface area contributed by atoms with Gasteiger partial charge in [-0.05, 0) is 98.5 Å². The van der Waals surface area contributed by atoms with Crippen LogP contribution in [0.1, 0.15) is 96.9 Å². The zero-order valence-corrected chi connectivity index (χ0v) is 35.4. The quantitative estimate of drug-likeness (QED) is 0.0222. The first-order chi connectivity index (χ1) is 30.9. The summed E-state index contributed by atoms with van der Waals surface area (Å²) in [6.45, 7) is 1.06. The van der Waals surface area contributed by atoms with Crippen molar-refractivity contribution in [2.45, 2.75) is 76.8 Å². The third kappa shape index (κ3) is 16.4. The van der Waals surface area contributed by atoms with Gasteiger partial charge in [-0.3, -0.25) is 29.6 Å². The van der Waals surface area contributed by atoms with Gasteiger partial charge in [0.1, 0.15) is 0 Å². The molecule has 6 N–H and O–H groups in total. The minimum absolute atomic E-state index is 0.0312. The number of carbonyl (C=O) groups excluding carboxylic acids is 4. The molecule has 0 atom stereocenters. The van der Waals surface area contributed by atoms with E-state index in [9.17, 15) is 32.3 Å². The molecule has 5 rings (SSSR count). The van der Waals surface area contributed by atoms with Crippen molar-refractivity contribution in [3.63, 3.8) is 0 Å². The normalized spacial score (nSPS) is 10.8. The van der Waals surface area contributed by atoms with Crippen molar-refractivity contribution in [1.29, 1.82) is 0 Å². The first-order valence-electron chi connectivity index (χ1n) is 20.8. The number of anilines is 5. The van der Waals surface area contributed by atoms with Crippen molar-refractivity contribution in [2.75, 3.05) is 29.9 Å². The van der Waals surface area contributed by atoms with Crippen LogP contribution < -0.4 is 31.4 Å². The number of halogens is 3. The third-order valence-electron chi connectivity index (χ3n) is 9.71. The van der Waals surface area contributed by atoms with Crippen molar-refractivity contribution in [1.82, 2.24) is 41.5 Å². The number of hydroxylamine groups is 2. The molecule has 0 spiro atoms. The number of rotatable bonds is 22. The van der Waals surface area contributed by atoms with Crippen LogP contribution in [-0.4, -0.2) is 74.1 Å². The van der Waals surface area contributed by atoms with Gasteiger partial charge in [0.15, 0.2) is 0 Å². The molecule has 0 aliphatic heterocycles. The van der Waals surface area contributed by atoms with Crippen LogP contribution in [0, 0.1) is 0 Å². The van der Waals surface area contributed by atoms with E-state index >= 15 is 0 Å². The summed E-state index contributed by atoms with van der Waals surface area (Å²) in [4.78, 5) is 66.9. The second kappa shape index (κ2) is 26.5. The molecule has 2 aromatic heterocycles. The lowest BCUT2D eigenvalue weighted by Crippen LogP contribution is -2.24. The van der Waals surface area contributed by atoms with Crippen LogP contribution in [0.4, 0.5) is 42.1 Å². The topological polar surface area (TPSA) is 215 Å².